The first kappa shape index (κ1) is 15.8. The van der Waals surface area contributed by atoms with Gasteiger partial charge in [-0.1, -0.05) is 18.2 Å². The van der Waals surface area contributed by atoms with Gasteiger partial charge >= 0.3 is 0 Å². The van der Waals surface area contributed by atoms with Gasteiger partial charge in [-0.2, -0.15) is 5.26 Å². The number of amides is 1. The number of fused-ring (bicyclic) bond motifs is 1. The lowest BCUT2D eigenvalue weighted by atomic mass is 10.2. The van der Waals surface area contributed by atoms with E-state index in [4.69, 9.17) is 5.26 Å². The Morgan fingerprint density at radius 1 is 1.04 bits per heavy atom. The van der Waals surface area contributed by atoms with Crippen LogP contribution in [0.4, 0.5) is 17.2 Å². The zero-order valence-electron chi connectivity index (χ0n) is 13.9. The lowest BCUT2D eigenvalue weighted by molar-refractivity contribution is 0.0983. The third-order valence-corrected chi connectivity index (χ3v) is 4.30. The molecule has 1 aliphatic heterocycles. The summed E-state index contributed by atoms with van der Waals surface area (Å²) < 4.78 is 0. The van der Waals surface area contributed by atoms with Crippen molar-refractivity contribution in [3.8, 4) is 6.07 Å². The van der Waals surface area contributed by atoms with Crippen molar-refractivity contribution in [3.05, 3.63) is 77.5 Å². The molecule has 0 fully saturated rings. The van der Waals surface area contributed by atoms with Gasteiger partial charge in [-0.25, -0.2) is 0 Å². The van der Waals surface area contributed by atoms with E-state index in [9.17, 15) is 4.79 Å². The maximum Gasteiger partial charge on any atom is 0.278 e. The molecule has 6 nitrogen and oxygen atoms in total. The van der Waals surface area contributed by atoms with Crippen LogP contribution in [0.5, 0.6) is 0 Å². The fraction of sp³-hybridized carbons (Fsp3) is 0.100. The largest absolute Gasteiger partial charge is 0.339 e. The van der Waals surface area contributed by atoms with Crippen molar-refractivity contribution in [2.24, 2.45) is 0 Å². The van der Waals surface area contributed by atoms with Crippen molar-refractivity contribution in [1.29, 1.82) is 5.26 Å². The van der Waals surface area contributed by atoms with Crippen molar-refractivity contribution in [2.45, 2.75) is 6.42 Å². The van der Waals surface area contributed by atoms with E-state index in [1.54, 1.807) is 41.3 Å². The molecule has 0 radical (unpaired) electrons. The molecule has 4 rings (SSSR count). The number of nitrogens with one attached hydrogen (secondary N) is 1. The number of aromatic nitrogens is 2. The molecule has 1 amide bonds. The van der Waals surface area contributed by atoms with E-state index in [0.29, 0.717) is 23.6 Å². The van der Waals surface area contributed by atoms with Crippen molar-refractivity contribution < 1.29 is 4.79 Å². The Kier molecular flexibility index (Phi) is 4.04. The van der Waals surface area contributed by atoms with Gasteiger partial charge in [0.1, 0.15) is 0 Å². The van der Waals surface area contributed by atoms with Crippen LogP contribution in [-0.4, -0.2) is 22.6 Å². The number of nitriles is 1. The number of nitrogens with zero attached hydrogens (tertiary/aromatic N) is 4. The molecule has 2 heterocycles. The minimum atomic E-state index is -0.146. The maximum absolute atomic E-state index is 12.7. The van der Waals surface area contributed by atoms with Crippen LogP contribution in [0.25, 0.3) is 0 Å². The molecule has 26 heavy (non-hydrogen) atoms. The molecule has 0 saturated carbocycles. The first-order valence-electron chi connectivity index (χ1n) is 8.25. The summed E-state index contributed by atoms with van der Waals surface area (Å²) in [5.41, 5.74) is 3.82. The second kappa shape index (κ2) is 6.65. The van der Waals surface area contributed by atoms with E-state index in [0.717, 1.165) is 17.8 Å². The standard InChI is InChI=1S/C20H15N5O/c21-13-14-5-7-16(8-6-14)22-19-10-9-17(23-24-19)20(26)25-12-11-15-3-1-2-4-18(15)25/h1-10H,11-12H2,(H,22,24). The van der Waals surface area contributed by atoms with Crippen LogP contribution in [0.15, 0.2) is 60.7 Å². The lowest BCUT2D eigenvalue weighted by Crippen LogP contribution is -2.29. The van der Waals surface area contributed by atoms with Gasteiger partial charge < -0.3 is 10.2 Å². The van der Waals surface area contributed by atoms with Gasteiger partial charge in [-0.05, 0) is 54.4 Å². The molecule has 0 bridgehead atoms. The molecule has 0 unspecified atom stereocenters. The number of carbonyl (C=O) groups is 1. The SMILES string of the molecule is N#Cc1ccc(Nc2ccc(C(=O)N3CCc4ccccc43)nn2)cc1. The van der Waals surface area contributed by atoms with E-state index in [2.05, 4.69) is 21.6 Å². The van der Waals surface area contributed by atoms with Gasteiger partial charge in [-0.3, -0.25) is 4.79 Å². The van der Waals surface area contributed by atoms with Crippen molar-refractivity contribution in [1.82, 2.24) is 10.2 Å². The molecule has 1 aromatic heterocycles. The summed E-state index contributed by atoms with van der Waals surface area (Å²) in [7, 11) is 0. The molecule has 1 N–H and O–H groups in total. The van der Waals surface area contributed by atoms with Gasteiger partial charge in [0.25, 0.3) is 5.91 Å². The first-order chi connectivity index (χ1) is 12.7. The summed E-state index contributed by atoms with van der Waals surface area (Å²) >= 11 is 0. The Bertz CT molecular complexity index is 990. The van der Waals surface area contributed by atoms with E-state index < -0.39 is 0 Å². The molecule has 3 aromatic rings. The summed E-state index contributed by atoms with van der Waals surface area (Å²) in [5, 5.41) is 20.1. The molecule has 126 valence electrons. The molecule has 0 spiro atoms. The molecular weight excluding hydrogens is 326 g/mol. The summed E-state index contributed by atoms with van der Waals surface area (Å²) in [6.07, 6.45) is 0.855. The number of para-hydroxylation sites is 1. The molecule has 1 aliphatic rings. The normalized spacial score (nSPS) is 12.3. The Morgan fingerprint density at radius 2 is 1.85 bits per heavy atom. The predicted molar refractivity (Wildman–Crippen MR) is 98.3 cm³/mol. The highest BCUT2D eigenvalue weighted by molar-refractivity contribution is 6.06. The smallest absolute Gasteiger partial charge is 0.278 e. The Balaban J connectivity index is 1.49. The van der Waals surface area contributed by atoms with Gasteiger partial charge in [0.2, 0.25) is 0 Å². The highest BCUT2D eigenvalue weighted by atomic mass is 16.2. The highest BCUT2D eigenvalue weighted by Gasteiger charge is 2.26. The van der Waals surface area contributed by atoms with Crippen molar-refractivity contribution in [2.75, 3.05) is 16.8 Å². The summed E-state index contributed by atoms with van der Waals surface area (Å²) in [5.74, 6) is 0.389. The Morgan fingerprint density at radius 3 is 2.58 bits per heavy atom. The van der Waals surface area contributed by atoms with Gasteiger partial charge in [0.15, 0.2) is 11.5 Å². The van der Waals surface area contributed by atoms with Crippen LogP contribution in [0.1, 0.15) is 21.6 Å². The van der Waals surface area contributed by atoms with Crippen LogP contribution >= 0.6 is 0 Å². The van der Waals surface area contributed by atoms with Crippen molar-refractivity contribution >= 4 is 23.1 Å². The van der Waals surface area contributed by atoms with Crippen LogP contribution in [-0.2, 0) is 6.42 Å². The predicted octanol–water partition coefficient (Wildman–Crippen LogP) is 3.29. The number of hydrogen-bond donors (Lipinski definition) is 1. The second-order valence-corrected chi connectivity index (χ2v) is 5.95. The van der Waals surface area contributed by atoms with Crippen LogP contribution in [0, 0.1) is 11.3 Å². The highest BCUT2D eigenvalue weighted by Crippen LogP contribution is 2.28. The van der Waals surface area contributed by atoms with E-state index in [1.807, 2.05) is 24.3 Å². The lowest BCUT2D eigenvalue weighted by Gasteiger charge is -2.16. The maximum atomic E-state index is 12.7. The number of rotatable bonds is 3. The fourth-order valence-corrected chi connectivity index (χ4v) is 2.98. The molecule has 0 saturated heterocycles. The van der Waals surface area contributed by atoms with Gasteiger partial charge in [0, 0.05) is 17.9 Å². The van der Waals surface area contributed by atoms with Crippen LogP contribution in [0.3, 0.4) is 0 Å². The summed E-state index contributed by atoms with van der Waals surface area (Å²) in [6.45, 7) is 0.658. The number of anilines is 3. The zero-order valence-corrected chi connectivity index (χ0v) is 13.9. The fourth-order valence-electron chi connectivity index (χ4n) is 2.98. The summed E-state index contributed by atoms with van der Waals surface area (Å²) in [6, 6.07) is 20.4. The van der Waals surface area contributed by atoms with E-state index in [-0.39, 0.29) is 5.91 Å². The number of hydrogen-bond acceptors (Lipinski definition) is 5. The van der Waals surface area contributed by atoms with Crippen LogP contribution < -0.4 is 10.2 Å². The Labute approximate surface area is 150 Å². The van der Waals surface area contributed by atoms with Crippen molar-refractivity contribution in [3.63, 3.8) is 0 Å². The van der Waals surface area contributed by atoms with E-state index >= 15 is 0 Å². The summed E-state index contributed by atoms with van der Waals surface area (Å²) in [4.78, 5) is 14.5. The second-order valence-electron chi connectivity index (χ2n) is 5.95. The average Bonchev–Trinajstić information content (AvgIpc) is 3.13. The number of benzene rings is 2. The van der Waals surface area contributed by atoms with Crippen LogP contribution in [0.2, 0.25) is 0 Å². The third-order valence-electron chi connectivity index (χ3n) is 4.30. The van der Waals surface area contributed by atoms with E-state index in [1.165, 1.54) is 5.56 Å². The van der Waals surface area contributed by atoms with Gasteiger partial charge in [0.05, 0.1) is 11.6 Å². The molecule has 0 aliphatic carbocycles. The molecule has 6 heteroatoms. The first-order valence-corrected chi connectivity index (χ1v) is 8.25. The molecular formula is C20H15N5O. The zero-order chi connectivity index (χ0) is 17.9. The minimum absolute atomic E-state index is 0.146. The average molecular weight is 341 g/mol. The minimum Gasteiger partial charge on any atom is -0.339 e. The molecule has 2 aromatic carbocycles. The Hall–Kier alpha value is -3.72. The quantitative estimate of drug-likeness (QED) is 0.790. The molecule has 0 atom stereocenters. The monoisotopic (exact) mass is 341 g/mol. The van der Waals surface area contributed by atoms with Gasteiger partial charge in [-0.15, -0.1) is 10.2 Å². The number of carbonyl (C=O) groups excluding carboxylic acids is 1. The third kappa shape index (κ3) is 2.98. The topological polar surface area (TPSA) is 81.9 Å².